The number of methoxy groups -OCH3 is 1. The van der Waals surface area contributed by atoms with Gasteiger partial charge in [-0.3, -0.25) is 4.79 Å². The van der Waals surface area contributed by atoms with Crippen molar-refractivity contribution in [2.75, 3.05) is 32.1 Å². The number of anilines is 1. The number of nitrogens with zero attached hydrogens (tertiary/aromatic N) is 2. The molecule has 1 aliphatic heterocycles. The second-order valence-electron chi connectivity index (χ2n) is 6.78. The summed E-state index contributed by atoms with van der Waals surface area (Å²) >= 11 is 3.30. The van der Waals surface area contributed by atoms with Crippen LogP contribution in [0.4, 0.5) is 5.69 Å². The molecule has 0 saturated heterocycles. The summed E-state index contributed by atoms with van der Waals surface area (Å²) in [6.45, 7) is 2.31. The van der Waals surface area contributed by atoms with Gasteiger partial charge in [0.15, 0.2) is 0 Å². The topological polar surface area (TPSA) is 66.9 Å². The van der Waals surface area contributed by atoms with Crippen LogP contribution in [0.3, 0.4) is 0 Å². The maximum Gasteiger partial charge on any atom is 0.243 e. The molecule has 0 radical (unpaired) electrons. The molecule has 1 amide bonds. The standard InChI is InChI=1S/C20H23BrN2O4S/c1-14-6-11-18(27-3)20-17(14)5-4-12-23(20)19(24)13-22(2)28(25,26)16-9-7-15(21)8-10-16/h6-11H,4-5,12-13H2,1-3H3. The van der Waals surface area contributed by atoms with Crippen LogP contribution >= 0.6 is 15.9 Å². The quantitative estimate of drug-likeness (QED) is 0.677. The molecule has 0 aliphatic carbocycles. The summed E-state index contributed by atoms with van der Waals surface area (Å²) in [7, 11) is -0.757. The van der Waals surface area contributed by atoms with Gasteiger partial charge in [-0.1, -0.05) is 22.0 Å². The fourth-order valence-corrected chi connectivity index (χ4v) is 4.80. The SMILES string of the molecule is COc1ccc(C)c2c1N(C(=O)CN(C)S(=O)(=O)c1ccc(Br)cc1)CCC2. The summed E-state index contributed by atoms with van der Waals surface area (Å²) in [4.78, 5) is 14.8. The molecule has 150 valence electrons. The van der Waals surface area contributed by atoms with Gasteiger partial charge in [-0.25, -0.2) is 8.42 Å². The maximum absolute atomic E-state index is 13.0. The predicted octanol–water partition coefficient (Wildman–Crippen LogP) is 3.37. The number of amides is 1. The number of sulfonamides is 1. The van der Waals surface area contributed by atoms with Gasteiger partial charge in [0, 0.05) is 18.1 Å². The molecule has 8 heteroatoms. The number of carbonyl (C=O) groups is 1. The van der Waals surface area contributed by atoms with Crippen molar-refractivity contribution in [1.82, 2.24) is 4.31 Å². The first-order valence-corrected chi connectivity index (χ1v) is 11.2. The summed E-state index contributed by atoms with van der Waals surface area (Å²) in [5.41, 5.74) is 2.94. The Labute approximate surface area is 174 Å². The van der Waals surface area contributed by atoms with Crippen LogP contribution in [0.15, 0.2) is 45.8 Å². The van der Waals surface area contributed by atoms with E-state index >= 15 is 0 Å². The molecule has 0 bridgehead atoms. The number of aryl methyl sites for hydroxylation is 1. The Kier molecular flexibility index (Phi) is 6.12. The largest absolute Gasteiger partial charge is 0.495 e. The Morgan fingerprint density at radius 1 is 1.21 bits per heavy atom. The molecule has 1 heterocycles. The molecule has 2 aromatic carbocycles. The second-order valence-corrected chi connectivity index (χ2v) is 9.74. The Morgan fingerprint density at radius 2 is 1.89 bits per heavy atom. The van der Waals surface area contributed by atoms with Gasteiger partial charge >= 0.3 is 0 Å². The third-order valence-corrected chi connectivity index (χ3v) is 7.31. The molecule has 0 atom stereocenters. The molecule has 28 heavy (non-hydrogen) atoms. The normalized spacial score (nSPS) is 14.1. The number of benzene rings is 2. The summed E-state index contributed by atoms with van der Waals surface area (Å²) in [5.74, 6) is 0.361. The molecule has 0 N–H and O–H groups in total. The Balaban J connectivity index is 1.86. The molecule has 0 fully saturated rings. The molecule has 3 rings (SSSR count). The fourth-order valence-electron chi connectivity index (χ4n) is 3.41. The highest BCUT2D eigenvalue weighted by atomic mass is 79.9. The number of ether oxygens (including phenoxy) is 1. The Morgan fingerprint density at radius 3 is 2.54 bits per heavy atom. The number of carbonyl (C=O) groups excluding carboxylic acids is 1. The van der Waals surface area contributed by atoms with Crippen molar-refractivity contribution >= 4 is 37.5 Å². The zero-order valence-corrected chi connectivity index (χ0v) is 18.5. The lowest BCUT2D eigenvalue weighted by Gasteiger charge is -2.33. The van der Waals surface area contributed by atoms with Gasteiger partial charge < -0.3 is 9.64 Å². The van der Waals surface area contributed by atoms with E-state index in [0.717, 1.165) is 38.4 Å². The van der Waals surface area contributed by atoms with Crippen molar-refractivity contribution < 1.29 is 17.9 Å². The van der Waals surface area contributed by atoms with E-state index in [-0.39, 0.29) is 17.3 Å². The summed E-state index contributed by atoms with van der Waals surface area (Å²) in [5, 5.41) is 0. The van der Waals surface area contributed by atoms with Crippen molar-refractivity contribution in [2.24, 2.45) is 0 Å². The highest BCUT2D eigenvalue weighted by molar-refractivity contribution is 9.10. The first-order chi connectivity index (χ1) is 13.3. The lowest BCUT2D eigenvalue weighted by atomic mass is 9.96. The van der Waals surface area contributed by atoms with Crippen LogP contribution in [0.1, 0.15) is 17.5 Å². The van der Waals surface area contributed by atoms with Crippen molar-refractivity contribution in [3.05, 3.63) is 52.0 Å². The highest BCUT2D eigenvalue weighted by Crippen LogP contribution is 2.38. The number of hydrogen-bond donors (Lipinski definition) is 0. The van der Waals surface area contributed by atoms with E-state index in [9.17, 15) is 13.2 Å². The zero-order valence-electron chi connectivity index (χ0n) is 16.1. The lowest BCUT2D eigenvalue weighted by molar-refractivity contribution is -0.118. The summed E-state index contributed by atoms with van der Waals surface area (Å²) in [6.07, 6.45) is 1.70. The highest BCUT2D eigenvalue weighted by Gasteiger charge is 2.30. The number of likely N-dealkylation sites (N-methyl/N-ethyl adjacent to an activating group) is 1. The van der Waals surface area contributed by atoms with E-state index in [0.29, 0.717) is 12.3 Å². The molecular formula is C20H23BrN2O4S. The van der Waals surface area contributed by atoms with Gasteiger partial charge in [0.2, 0.25) is 15.9 Å². The van der Waals surface area contributed by atoms with Crippen molar-refractivity contribution in [3.8, 4) is 5.75 Å². The van der Waals surface area contributed by atoms with Gasteiger partial charge in [0.25, 0.3) is 0 Å². The summed E-state index contributed by atoms with van der Waals surface area (Å²) in [6, 6.07) is 10.2. The molecule has 0 aromatic heterocycles. The third kappa shape index (κ3) is 3.94. The number of halogens is 1. The molecule has 0 spiro atoms. The minimum atomic E-state index is -3.76. The van der Waals surface area contributed by atoms with Gasteiger partial charge in [-0.15, -0.1) is 0 Å². The van der Waals surface area contributed by atoms with Gasteiger partial charge in [-0.2, -0.15) is 4.31 Å². The number of rotatable bonds is 5. The Hall–Kier alpha value is -1.90. The molecule has 6 nitrogen and oxygen atoms in total. The van der Waals surface area contributed by atoms with Crippen molar-refractivity contribution in [1.29, 1.82) is 0 Å². The predicted molar refractivity (Wildman–Crippen MR) is 112 cm³/mol. The van der Waals surface area contributed by atoms with E-state index in [1.165, 1.54) is 19.2 Å². The van der Waals surface area contributed by atoms with Crippen LogP contribution < -0.4 is 9.64 Å². The molecular weight excluding hydrogens is 444 g/mol. The van der Waals surface area contributed by atoms with Gasteiger partial charge in [0.05, 0.1) is 24.2 Å². The second kappa shape index (κ2) is 8.23. The number of hydrogen-bond acceptors (Lipinski definition) is 4. The first-order valence-electron chi connectivity index (χ1n) is 8.94. The average molecular weight is 467 g/mol. The van der Waals surface area contributed by atoms with Crippen LogP contribution in [0, 0.1) is 6.92 Å². The van der Waals surface area contributed by atoms with E-state index in [1.807, 2.05) is 19.1 Å². The Bertz CT molecular complexity index is 990. The average Bonchev–Trinajstić information content (AvgIpc) is 2.68. The summed E-state index contributed by atoms with van der Waals surface area (Å²) < 4.78 is 33.0. The molecule has 2 aromatic rings. The molecule has 0 saturated carbocycles. The van der Waals surface area contributed by atoms with E-state index in [2.05, 4.69) is 15.9 Å². The van der Waals surface area contributed by atoms with Crippen LogP contribution in [-0.4, -0.2) is 45.9 Å². The minimum Gasteiger partial charge on any atom is -0.495 e. The smallest absolute Gasteiger partial charge is 0.243 e. The number of fused-ring (bicyclic) bond motifs is 1. The van der Waals surface area contributed by atoms with Crippen LogP contribution in [-0.2, 0) is 21.2 Å². The maximum atomic E-state index is 13.0. The first kappa shape index (κ1) is 20.8. The minimum absolute atomic E-state index is 0.151. The molecule has 0 unspecified atom stereocenters. The van der Waals surface area contributed by atoms with E-state index in [4.69, 9.17) is 4.74 Å². The van der Waals surface area contributed by atoms with Crippen molar-refractivity contribution in [3.63, 3.8) is 0 Å². The van der Waals surface area contributed by atoms with Crippen LogP contribution in [0.25, 0.3) is 0 Å². The van der Waals surface area contributed by atoms with Gasteiger partial charge in [-0.05, 0) is 61.2 Å². The fraction of sp³-hybridized carbons (Fsp3) is 0.350. The zero-order chi connectivity index (χ0) is 20.5. The van der Waals surface area contributed by atoms with E-state index < -0.39 is 10.0 Å². The van der Waals surface area contributed by atoms with Crippen LogP contribution in [0.5, 0.6) is 5.75 Å². The van der Waals surface area contributed by atoms with E-state index in [1.54, 1.807) is 24.1 Å². The lowest BCUT2D eigenvalue weighted by Crippen LogP contribution is -2.43. The monoisotopic (exact) mass is 466 g/mol. The van der Waals surface area contributed by atoms with Crippen molar-refractivity contribution in [2.45, 2.75) is 24.7 Å². The third-order valence-electron chi connectivity index (χ3n) is 4.96. The van der Waals surface area contributed by atoms with Gasteiger partial charge in [0.1, 0.15) is 5.75 Å². The van der Waals surface area contributed by atoms with Crippen LogP contribution in [0.2, 0.25) is 0 Å². The molecule has 1 aliphatic rings.